The lowest BCUT2D eigenvalue weighted by Crippen LogP contribution is -2.56. The fourth-order valence-corrected chi connectivity index (χ4v) is 5.66. The van der Waals surface area contributed by atoms with Gasteiger partial charge in [-0.3, -0.25) is 19.3 Å². The number of rotatable bonds is 9. The number of likely N-dealkylation sites (tertiary alicyclic amines) is 1. The first-order valence-electron chi connectivity index (χ1n) is 13.2. The Morgan fingerprint density at radius 2 is 1.92 bits per heavy atom. The Bertz CT molecular complexity index is 1080. The number of Topliss-reactive ketones (excluding diaryl/α,β-unsaturated/α-hetero) is 2. The number of benzene rings is 1. The Morgan fingerprint density at radius 3 is 2.43 bits per heavy atom. The predicted octanol–water partition coefficient (Wildman–Crippen LogP) is 4.56. The van der Waals surface area contributed by atoms with Crippen molar-refractivity contribution in [2.75, 3.05) is 33.4 Å². The maximum absolute atomic E-state index is 12.5. The molecule has 0 bridgehead atoms. The van der Waals surface area contributed by atoms with Gasteiger partial charge in [0.05, 0.1) is 53.3 Å². The van der Waals surface area contributed by atoms with Crippen LogP contribution in [0.5, 0.6) is 0 Å². The molecule has 37 heavy (non-hydrogen) atoms. The smallest absolute Gasteiger partial charge is 0.233 e. The van der Waals surface area contributed by atoms with Crippen LogP contribution in [0.4, 0.5) is 0 Å². The minimum absolute atomic E-state index is 0.0205. The van der Waals surface area contributed by atoms with E-state index < -0.39 is 11.5 Å². The van der Waals surface area contributed by atoms with E-state index in [0.717, 1.165) is 25.1 Å². The normalized spacial score (nSPS) is 19.4. The Morgan fingerprint density at radius 1 is 1.24 bits per heavy atom. The molecular formula is C29H41N3O4S. The number of carbonyl (C=O) groups is 3. The molecule has 3 heterocycles. The average Bonchev–Trinajstić information content (AvgIpc) is 3.51. The summed E-state index contributed by atoms with van der Waals surface area (Å²) in [6.07, 6.45) is 4.14. The summed E-state index contributed by atoms with van der Waals surface area (Å²) >= 11 is 1.71. The number of carbonyl (C=O) groups excluding carboxylic acids is 3. The molecule has 1 aromatic heterocycles. The molecule has 2 saturated heterocycles. The van der Waals surface area contributed by atoms with Gasteiger partial charge in [0.2, 0.25) is 5.91 Å². The van der Waals surface area contributed by atoms with Crippen molar-refractivity contribution in [2.24, 2.45) is 5.41 Å². The minimum Gasteiger partial charge on any atom is -0.379 e. The highest BCUT2D eigenvalue weighted by Gasteiger charge is 2.44. The third kappa shape index (κ3) is 7.12. The lowest BCUT2D eigenvalue weighted by molar-refractivity contribution is -0.170. The van der Waals surface area contributed by atoms with Gasteiger partial charge in [0.25, 0.3) is 0 Å². The van der Waals surface area contributed by atoms with Crippen LogP contribution < -0.4 is 0 Å². The summed E-state index contributed by atoms with van der Waals surface area (Å²) in [6.45, 7) is 11.3. The van der Waals surface area contributed by atoms with E-state index in [4.69, 9.17) is 4.74 Å². The zero-order chi connectivity index (χ0) is 27.2. The average molecular weight is 528 g/mol. The van der Waals surface area contributed by atoms with Gasteiger partial charge >= 0.3 is 0 Å². The summed E-state index contributed by atoms with van der Waals surface area (Å²) in [5.74, 6) is 0.0403. The molecule has 0 radical (unpaired) electrons. The summed E-state index contributed by atoms with van der Waals surface area (Å²) < 4.78 is 5.12. The van der Waals surface area contributed by atoms with Crippen molar-refractivity contribution in [2.45, 2.75) is 72.4 Å². The molecule has 0 spiro atoms. The van der Waals surface area contributed by atoms with Crippen molar-refractivity contribution in [1.29, 1.82) is 0 Å². The zero-order valence-corrected chi connectivity index (χ0v) is 23.9. The highest BCUT2D eigenvalue weighted by molar-refractivity contribution is 7.13. The molecule has 1 amide bonds. The first-order chi connectivity index (χ1) is 17.6. The standard InChI is InChI=1S/C16H26N2O4.C13H15NS/c1-11(17(4)15(21)16(3)9-22-10-16)14(20)8-18-7-5-6-13(18)12(2)19;1-3-4-11-5-7-12(8-6-11)13-10(2)14-9-15-13/h11,13H,5-10H2,1-4H3;5-9H,3-4H2,1-2H3. The first kappa shape index (κ1) is 29.1. The van der Waals surface area contributed by atoms with E-state index in [1.165, 1.54) is 33.7 Å². The van der Waals surface area contributed by atoms with Gasteiger partial charge in [0.1, 0.15) is 5.78 Å². The van der Waals surface area contributed by atoms with Crippen LogP contribution >= 0.6 is 11.3 Å². The van der Waals surface area contributed by atoms with Crippen LogP contribution in [0.2, 0.25) is 0 Å². The zero-order valence-electron chi connectivity index (χ0n) is 23.1. The molecule has 202 valence electrons. The van der Waals surface area contributed by atoms with Crippen molar-refractivity contribution in [3.63, 3.8) is 0 Å². The molecule has 1 aromatic carbocycles. The maximum Gasteiger partial charge on any atom is 0.233 e. The number of amides is 1. The molecule has 2 fully saturated rings. The van der Waals surface area contributed by atoms with Crippen LogP contribution in [0.15, 0.2) is 29.8 Å². The number of hydrogen-bond donors (Lipinski definition) is 0. The number of thiazole rings is 1. The van der Waals surface area contributed by atoms with E-state index in [1.807, 2.05) is 17.3 Å². The van der Waals surface area contributed by atoms with Gasteiger partial charge in [0.15, 0.2) is 5.78 Å². The Balaban J connectivity index is 0.000000220. The molecule has 7 nitrogen and oxygen atoms in total. The monoisotopic (exact) mass is 527 g/mol. The Hall–Kier alpha value is -2.42. The van der Waals surface area contributed by atoms with Crippen molar-refractivity contribution in [1.82, 2.24) is 14.8 Å². The van der Waals surface area contributed by atoms with Gasteiger partial charge in [-0.1, -0.05) is 37.6 Å². The van der Waals surface area contributed by atoms with Crippen LogP contribution in [-0.4, -0.2) is 77.7 Å². The lowest BCUT2D eigenvalue weighted by atomic mass is 9.86. The van der Waals surface area contributed by atoms with Crippen molar-refractivity contribution < 1.29 is 19.1 Å². The summed E-state index contributed by atoms with van der Waals surface area (Å²) in [5.41, 5.74) is 5.24. The summed E-state index contributed by atoms with van der Waals surface area (Å²) in [7, 11) is 1.67. The molecule has 0 N–H and O–H groups in total. The minimum atomic E-state index is -0.501. The number of hydrogen-bond acceptors (Lipinski definition) is 7. The second kappa shape index (κ2) is 12.9. The second-order valence-electron chi connectivity index (χ2n) is 10.6. The topological polar surface area (TPSA) is 79.8 Å². The third-order valence-electron chi connectivity index (χ3n) is 7.42. The molecule has 8 heteroatoms. The van der Waals surface area contributed by atoms with E-state index >= 15 is 0 Å². The quantitative estimate of drug-likeness (QED) is 0.476. The van der Waals surface area contributed by atoms with E-state index in [9.17, 15) is 14.4 Å². The van der Waals surface area contributed by atoms with Crippen LogP contribution in [0.1, 0.15) is 58.2 Å². The number of likely N-dealkylation sites (N-methyl/N-ethyl adjacent to an activating group) is 1. The third-order valence-corrected chi connectivity index (χ3v) is 8.39. The lowest BCUT2D eigenvalue weighted by Gasteiger charge is -2.40. The van der Waals surface area contributed by atoms with Gasteiger partial charge < -0.3 is 9.64 Å². The van der Waals surface area contributed by atoms with E-state index in [0.29, 0.717) is 13.2 Å². The molecule has 2 aliphatic heterocycles. The van der Waals surface area contributed by atoms with Gasteiger partial charge in [-0.2, -0.15) is 0 Å². The van der Waals surface area contributed by atoms with Gasteiger partial charge in [-0.05, 0) is 64.6 Å². The van der Waals surface area contributed by atoms with Gasteiger partial charge in [0, 0.05) is 7.05 Å². The molecule has 0 aliphatic carbocycles. The van der Waals surface area contributed by atoms with E-state index in [2.05, 4.69) is 43.1 Å². The molecular weight excluding hydrogens is 486 g/mol. The predicted molar refractivity (Wildman–Crippen MR) is 148 cm³/mol. The Labute approximate surface area is 225 Å². The fraction of sp³-hybridized carbons (Fsp3) is 0.586. The fourth-order valence-electron chi connectivity index (χ4n) is 4.85. The van der Waals surface area contributed by atoms with Crippen molar-refractivity contribution >= 4 is 28.8 Å². The molecule has 2 unspecified atom stereocenters. The number of aryl methyl sites for hydroxylation is 2. The second-order valence-corrected chi connectivity index (χ2v) is 11.4. The van der Waals surface area contributed by atoms with E-state index in [1.54, 1.807) is 32.2 Å². The number of nitrogens with zero attached hydrogens (tertiary/aromatic N) is 3. The van der Waals surface area contributed by atoms with Gasteiger partial charge in [-0.25, -0.2) is 4.98 Å². The summed E-state index contributed by atoms with van der Waals surface area (Å²) in [6, 6.07) is 8.21. The first-order valence-corrected chi connectivity index (χ1v) is 14.1. The summed E-state index contributed by atoms with van der Waals surface area (Å²) in [5, 5.41) is 0. The molecule has 2 aliphatic rings. The molecule has 4 rings (SSSR count). The van der Waals surface area contributed by atoms with Crippen LogP contribution in [0.25, 0.3) is 10.4 Å². The number of aromatic nitrogens is 1. The highest BCUT2D eigenvalue weighted by atomic mass is 32.1. The summed E-state index contributed by atoms with van der Waals surface area (Å²) in [4.78, 5) is 45.5. The van der Waals surface area contributed by atoms with Gasteiger partial charge in [-0.15, -0.1) is 11.3 Å². The largest absolute Gasteiger partial charge is 0.379 e. The van der Waals surface area contributed by atoms with Crippen molar-refractivity contribution in [3.05, 3.63) is 41.0 Å². The van der Waals surface area contributed by atoms with Crippen LogP contribution in [0.3, 0.4) is 0 Å². The SMILES string of the molecule is CC(=O)C1CCCN1CC(=O)C(C)N(C)C(=O)C1(C)COC1.CCCc1ccc(-c2scnc2C)cc1. The molecule has 0 saturated carbocycles. The van der Waals surface area contributed by atoms with Crippen LogP contribution in [-0.2, 0) is 25.5 Å². The van der Waals surface area contributed by atoms with E-state index in [-0.39, 0.29) is 30.1 Å². The maximum atomic E-state index is 12.5. The van der Waals surface area contributed by atoms with Crippen LogP contribution in [0, 0.1) is 12.3 Å². The number of ketones is 2. The Kier molecular flexibility index (Phi) is 10.2. The molecule has 2 aromatic rings. The molecule has 2 atom stereocenters. The highest BCUT2D eigenvalue weighted by Crippen LogP contribution is 2.30. The number of ether oxygens (including phenoxy) is 1. The van der Waals surface area contributed by atoms with Crippen molar-refractivity contribution in [3.8, 4) is 10.4 Å².